The molecule has 1 aliphatic heterocycles. The van der Waals surface area contributed by atoms with Crippen LogP contribution in [0.5, 0.6) is 0 Å². The van der Waals surface area contributed by atoms with Gasteiger partial charge < -0.3 is 5.32 Å². The van der Waals surface area contributed by atoms with Gasteiger partial charge in [0.25, 0.3) is 0 Å². The minimum Gasteiger partial charge on any atom is -0.314 e. The molecule has 0 amide bonds. The molecule has 0 aliphatic carbocycles. The summed E-state index contributed by atoms with van der Waals surface area (Å²) in [4.78, 5) is 2.13. The van der Waals surface area contributed by atoms with Gasteiger partial charge in [0, 0.05) is 26.2 Å². The van der Waals surface area contributed by atoms with Crippen molar-refractivity contribution < 1.29 is 4.39 Å². The van der Waals surface area contributed by atoms with Crippen molar-refractivity contribution in [2.75, 3.05) is 32.9 Å². The van der Waals surface area contributed by atoms with E-state index in [0.29, 0.717) is 10.0 Å². The van der Waals surface area contributed by atoms with Crippen LogP contribution in [0.25, 0.3) is 0 Å². The molecule has 18 heavy (non-hydrogen) atoms. The molecular formula is C12H16Cl3FN2. The smallest absolute Gasteiger partial charge is 0.109 e. The van der Waals surface area contributed by atoms with Gasteiger partial charge in [0.15, 0.2) is 0 Å². The molecule has 0 unspecified atom stereocenters. The molecule has 102 valence electrons. The summed E-state index contributed by atoms with van der Waals surface area (Å²) in [5.41, 5.74) is 0.892. The monoisotopic (exact) mass is 312 g/mol. The van der Waals surface area contributed by atoms with E-state index in [9.17, 15) is 4.39 Å². The standard InChI is InChI=1S/C12H15Cl2FN2.ClH/c13-10-2-1-9(7-11(10)14)12(8-15)17-5-3-16-4-6-17;/h1-2,7,12,16H,3-6,8H2;1H/t12-;/m1./s1. The number of hydrogen-bond donors (Lipinski definition) is 1. The predicted molar refractivity (Wildman–Crippen MR) is 76.9 cm³/mol. The highest BCUT2D eigenvalue weighted by Gasteiger charge is 2.22. The van der Waals surface area contributed by atoms with Crippen LogP contribution in [0.2, 0.25) is 10.0 Å². The highest BCUT2D eigenvalue weighted by atomic mass is 35.5. The molecule has 0 spiro atoms. The summed E-state index contributed by atoms with van der Waals surface area (Å²) >= 11 is 11.8. The topological polar surface area (TPSA) is 15.3 Å². The number of hydrogen-bond acceptors (Lipinski definition) is 2. The van der Waals surface area contributed by atoms with Gasteiger partial charge in [-0.05, 0) is 17.7 Å². The van der Waals surface area contributed by atoms with Crippen molar-refractivity contribution in [2.24, 2.45) is 0 Å². The molecule has 1 atom stereocenters. The highest BCUT2D eigenvalue weighted by Crippen LogP contribution is 2.28. The average Bonchev–Trinajstić information content (AvgIpc) is 2.36. The Bertz CT molecular complexity index is 384. The lowest BCUT2D eigenvalue weighted by Gasteiger charge is -2.33. The third-order valence-electron chi connectivity index (χ3n) is 3.07. The summed E-state index contributed by atoms with van der Waals surface area (Å²) in [7, 11) is 0. The minimum atomic E-state index is -0.405. The number of benzene rings is 1. The summed E-state index contributed by atoms with van der Waals surface area (Å²) in [6, 6.07) is 5.12. The van der Waals surface area contributed by atoms with Gasteiger partial charge in [0.1, 0.15) is 6.67 Å². The van der Waals surface area contributed by atoms with Gasteiger partial charge >= 0.3 is 0 Å². The average molecular weight is 314 g/mol. The fourth-order valence-corrected chi connectivity index (χ4v) is 2.42. The zero-order chi connectivity index (χ0) is 12.3. The van der Waals surface area contributed by atoms with Crippen molar-refractivity contribution in [1.82, 2.24) is 10.2 Å². The van der Waals surface area contributed by atoms with E-state index >= 15 is 0 Å². The van der Waals surface area contributed by atoms with Gasteiger partial charge in [0.05, 0.1) is 16.1 Å². The largest absolute Gasteiger partial charge is 0.314 e. The molecule has 1 aromatic rings. The number of nitrogens with zero attached hydrogens (tertiary/aromatic N) is 1. The second kappa shape index (κ2) is 7.51. The molecule has 0 aromatic heterocycles. The Morgan fingerprint density at radius 2 is 1.89 bits per heavy atom. The predicted octanol–water partition coefficient (Wildman–Crippen LogP) is 3.33. The number of piperazine rings is 1. The van der Waals surface area contributed by atoms with E-state index in [1.165, 1.54) is 0 Å². The fourth-order valence-electron chi connectivity index (χ4n) is 2.11. The van der Waals surface area contributed by atoms with Gasteiger partial charge in [-0.15, -0.1) is 12.4 Å². The number of nitrogens with one attached hydrogen (secondary N) is 1. The first-order valence-corrected chi connectivity index (χ1v) is 6.43. The van der Waals surface area contributed by atoms with Gasteiger partial charge in [-0.25, -0.2) is 4.39 Å². The van der Waals surface area contributed by atoms with E-state index in [-0.39, 0.29) is 18.4 Å². The fraction of sp³-hybridized carbons (Fsp3) is 0.500. The van der Waals surface area contributed by atoms with Crippen molar-refractivity contribution in [3.63, 3.8) is 0 Å². The van der Waals surface area contributed by atoms with E-state index in [1.54, 1.807) is 12.1 Å². The third-order valence-corrected chi connectivity index (χ3v) is 3.81. The lowest BCUT2D eigenvalue weighted by atomic mass is 10.1. The van der Waals surface area contributed by atoms with Crippen LogP contribution in [0, 0.1) is 0 Å². The van der Waals surface area contributed by atoms with Crippen LogP contribution >= 0.6 is 35.6 Å². The quantitative estimate of drug-likeness (QED) is 0.921. The van der Waals surface area contributed by atoms with Crippen LogP contribution in [0.15, 0.2) is 18.2 Å². The van der Waals surface area contributed by atoms with Crippen molar-refractivity contribution >= 4 is 35.6 Å². The lowest BCUT2D eigenvalue weighted by Crippen LogP contribution is -2.45. The molecule has 6 heteroatoms. The molecule has 2 nitrogen and oxygen atoms in total. The maximum absolute atomic E-state index is 13.2. The summed E-state index contributed by atoms with van der Waals surface area (Å²) in [5.74, 6) is 0. The van der Waals surface area contributed by atoms with E-state index in [2.05, 4.69) is 10.2 Å². The van der Waals surface area contributed by atoms with Crippen molar-refractivity contribution in [3.05, 3.63) is 33.8 Å². The maximum Gasteiger partial charge on any atom is 0.109 e. The van der Waals surface area contributed by atoms with Crippen molar-refractivity contribution in [2.45, 2.75) is 6.04 Å². The Morgan fingerprint density at radius 3 is 2.44 bits per heavy atom. The first kappa shape index (κ1) is 16.0. The van der Waals surface area contributed by atoms with E-state index in [1.807, 2.05) is 6.07 Å². The Balaban J connectivity index is 0.00000162. The Morgan fingerprint density at radius 1 is 1.22 bits per heavy atom. The van der Waals surface area contributed by atoms with Crippen molar-refractivity contribution in [1.29, 1.82) is 0 Å². The van der Waals surface area contributed by atoms with Gasteiger partial charge in [-0.2, -0.15) is 0 Å². The summed E-state index contributed by atoms with van der Waals surface area (Å²) in [6.07, 6.45) is 0. The molecule has 1 heterocycles. The number of rotatable bonds is 3. The van der Waals surface area contributed by atoms with Crippen LogP contribution in [-0.4, -0.2) is 37.8 Å². The molecular weight excluding hydrogens is 298 g/mol. The second-order valence-electron chi connectivity index (χ2n) is 4.13. The minimum absolute atomic E-state index is 0. The summed E-state index contributed by atoms with van der Waals surface area (Å²) in [5, 5.41) is 4.25. The van der Waals surface area contributed by atoms with Gasteiger partial charge in [-0.1, -0.05) is 29.3 Å². The molecule has 1 aromatic carbocycles. The van der Waals surface area contributed by atoms with Gasteiger partial charge in [0.2, 0.25) is 0 Å². The van der Waals surface area contributed by atoms with Crippen LogP contribution in [-0.2, 0) is 0 Å². The molecule has 0 bridgehead atoms. The molecule has 0 saturated carbocycles. The van der Waals surface area contributed by atoms with Crippen LogP contribution in [0.3, 0.4) is 0 Å². The Hall–Kier alpha value is -0.0600. The molecule has 1 aliphatic rings. The second-order valence-corrected chi connectivity index (χ2v) is 4.94. The van der Waals surface area contributed by atoms with Crippen LogP contribution in [0.4, 0.5) is 4.39 Å². The maximum atomic E-state index is 13.2. The lowest BCUT2D eigenvalue weighted by molar-refractivity contribution is 0.147. The molecule has 1 fully saturated rings. The Kier molecular flexibility index (Phi) is 6.67. The zero-order valence-corrected chi connectivity index (χ0v) is 12.2. The van der Waals surface area contributed by atoms with E-state index in [4.69, 9.17) is 23.2 Å². The van der Waals surface area contributed by atoms with E-state index in [0.717, 1.165) is 31.7 Å². The first-order valence-electron chi connectivity index (χ1n) is 5.68. The summed E-state index contributed by atoms with van der Waals surface area (Å²) in [6.45, 7) is 3.11. The van der Waals surface area contributed by atoms with Crippen LogP contribution < -0.4 is 5.32 Å². The molecule has 2 rings (SSSR count). The molecule has 1 saturated heterocycles. The SMILES string of the molecule is Cl.FC[C@H](c1ccc(Cl)c(Cl)c1)N1CCNCC1. The highest BCUT2D eigenvalue weighted by molar-refractivity contribution is 6.42. The van der Waals surface area contributed by atoms with Crippen molar-refractivity contribution in [3.8, 4) is 0 Å². The number of halogens is 4. The molecule has 1 N–H and O–H groups in total. The summed E-state index contributed by atoms with van der Waals surface area (Å²) < 4.78 is 13.2. The normalized spacial score (nSPS) is 18.2. The Labute approximate surface area is 123 Å². The first-order chi connectivity index (χ1) is 8.22. The third kappa shape index (κ3) is 3.72. The van der Waals surface area contributed by atoms with Gasteiger partial charge in [-0.3, -0.25) is 4.90 Å². The van der Waals surface area contributed by atoms with E-state index < -0.39 is 6.67 Å². The number of alkyl halides is 1. The zero-order valence-electron chi connectivity index (χ0n) is 9.83. The molecule has 0 radical (unpaired) electrons. The van der Waals surface area contributed by atoms with Crippen LogP contribution in [0.1, 0.15) is 11.6 Å².